The SMILES string of the molecule is C=CCN1CCCN(c2ncc(C(=O)Nc3cc(CCc4cc(OC)cc(OC)c4)[nH]n3)cn2)CC1. The van der Waals surface area contributed by atoms with Gasteiger partial charge in [-0.1, -0.05) is 6.08 Å². The molecule has 0 unspecified atom stereocenters. The first-order valence-electron chi connectivity index (χ1n) is 12.1. The van der Waals surface area contributed by atoms with Gasteiger partial charge in [0.25, 0.3) is 5.91 Å². The number of H-pyrrole nitrogens is 1. The lowest BCUT2D eigenvalue weighted by atomic mass is 10.1. The van der Waals surface area contributed by atoms with Crippen molar-refractivity contribution in [2.75, 3.05) is 57.2 Å². The standard InChI is InChI=1S/C26H33N7O3/c1-4-8-32-9-5-10-33(12-11-32)26-27-17-20(18-28-26)25(34)29-24-15-21(30-31-24)7-6-19-13-22(35-2)16-23(14-19)36-3/h4,13-18H,1,5-12H2,2-3H3,(H2,29,30,31,34). The van der Waals surface area contributed by atoms with E-state index in [-0.39, 0.29) is 5.91 Å². The topological polar surface area (TPSA) is 108 Å². The number of hydrogen-bond donors (Lipinski definition) is 2. The maximum Gasteiger partial charge on any atom is 0.260 e. The predicted octanol–water partition coefficient (Wildman–Crippen LogP) is 2.95. The third-order valence-corrected chi connectivity index (χ3v) is 6.13. The molecule has 2 aromatic heterocycles. The Labute approximate surface area is 211 Å². The molecule has 0 aliphatic carbocycles. The van der Waals surface area contributed by atoms with Gasteiger partial charge in [0.2, 0.25) is 5.95 Å². The van der Waals surface area contributed by atoms with Crippen molar-refractivity contribution in [3.8, 4) is 11.5 Å². The van der Waals surface area contributed by atoms with Gasteiger partial charge in [-0.05, 0) is 37.0 Å². The van der Waals surface area contributed by atoms with Gasteiger partial charge in [-0.2, -0.15) is 5.10 Å². The fourth-order valence-electron chi connectivity index (χ4n) is 4.17. The zero-order valence-corrected chi connectivity index (χ0v) is 20.9. The molecular weight excluding hydrogens is 458 g/mol. The van der Waals surface area contributed by atoms with Crippen LogP contribution in [0.2, 0.25) is 0 Å². The maximum absolute atomic E-state index is 12.7. The van der Waals surface area contributed by atoms with Crippen molar-refractivity contribution in [1.82, 2.24) is 25.1 Å². The Bertz CT molecular complexity index is 1140. The summed E-state index contributed by atoms with van der Waals surface area (Å²) in [6.45, 7) is 8.41. The van der Waals surface area contributed by atoms with E-state index in [1.54, 1.807) is 26.6 Å². The molecule has 1 aromatic carbocycles. The van der Waals surface area contributed by atoms with Crippen LogP contribution in [0.3, 0.4) is 0 Å². The molecule has 190 valence electrons. The van der Waals surface area contributed by atoms with E-state index in [9.17, 15) is 4.79 Å². The Kier molecular flexibility index (Phi) is 8.51. The number of aromatic nitrogens is 4. The number of benzene rings is 1. The highest BCUT2D eigenvalue weighted by Crippen LogP contribution is 2.23. The normalized spacial score (nSPS) is 14.2. The summed E-state index contributed by atoms with van der Waals surface area (Å²) in [6.07, 6.45) is 7.57. The van der Waals surface area contributed by atoms with Crippen LogP contribution in [0.1, 0.15) is 28.0 Å². The van der Waals surface area contributed by atoms with Crippen LogP contribution in [0.15, 0.2) is 49.3 Å². The molecular formula is C26H33N7O3. The molecule has 2 N–H and O–H groups in total. The third kappa shape index (κ3) is 6.60. The van der Waals surface area contributed by atoms with Gasteiger partial charge in [0, 0.05) is 62.9 Å². The molecule has 10 nitrogen and oxygen atoms in total. The van der Waals surface area contributed by atoms with Gasteiger partial charge in [0.1, 0.15) is 11.5 Å². The van der Waals surface area contributed by atoms with Crippen LogP contribution in [0, 0.1) is 0 Å². The minimum absolute atomic E-state index is 0.301. The Morgan fingerprint density at radius 1 is 1.06 bits per heavy atom. The highest BCUT2D eigenvalue weighted by molar-refractivity contribution is 6.03. The molecule has 3 heterocycles. The smallest absolute Gasteiger partial charge is 0.260 e. The molecule has 1 saturated heterocycles. The fraction of sp³-hybridized carbons (Fsp3) is 0.385. The molecule has 0 saturated carbocycles. The monoisotopic (exact) mass is 491 g/mol. The van der Waals surface area contributed by atoms with Crippen LogP contribution in [0.25, 0.3) is 0 Å². The summed E-state index contributed by atoms with van der Waals surface area (Å²) in [6, 6.07) is 7.63. The van der Waals surface area contributed by atoms with Crippen LogP contribution < -0.4 is 19.7 Å². The van der Waals surface area contributed by atoms with Gasteiger partial charge in [-0.25, -0.2) is 9.97 Å². The van der Waals surface area contributed by atoms with E-state index in [4.69, 9.17) is 9.47 Å². The lowest BCUT2D eigenvalue weighted by Gasteiger charge is -2.21. The van der Waals surface area contributed by atoms with E-state index >= 15 is 0 Å². The van der Waals surface area contributed by atoms with Crippen molar-refractivity contribution >= 4 is 17.7 Å². The number of nitrogens with zero attached hydrogens (tertiary/aromatic N) is 5. The first-order chi connectivity index (χ1) is 17.6. The van der Waals surface area contributed by atoms with E-state index in [2.05, 4.69) is 41.9 Å². The van der Waals surface area contributed by atoms with Crippen LogP contribution in [-0.2, 0) is 12.8 Å². The number of methoxy groups -OCH3 is 2. The second-order valence-electron chi connectivity index (χ2n) is 8.66. The summed E-state index contributed by atoms with van der Waals surface area (Å²) in [7, 11) is 3.27. The zero-order chi connectivity index (χ0) is 25.3. The van der Waals surface area contributed by atoms with Crippen LogP contribution in [0.4, 0.5) is 11.8 Å². The number of aromatic amines is 1. The molecule has 1 fully saturated rings. The number of ether oxygens (including phenoxy) is 2. The number of carbonyl (C=O) groups is 1. The van der Waals surface area contributed by atoms with E-state index in [1.165, 1.54) is 0 Å². The highest BCUT2D eigenvalue weighted by atomic mass is 16.5. The number of rotatable bonds is 10. The summed E-state index contributed by atoms with van der Waals surface area (Å²) < 4.78 is 10.7. The molecule has 36 heavy (non-hydrogen) atoms. The number of anilines is 2. The second kappa shape index (κ2) is 12.2. The number of hydrogen-bond acceptors (Lipinski definition) is 8. The quantitative estimate of drug-likeness (QED) is 0.417. The number of aryl methyl sites for hydroxylation is 2. The van der Waals surface area contributed by atoms with Crippen molar-refractivity contribution in [3.63, 3.8) is 0 Å². The molecule has 0 atom stereocenters. The fourth-order valence-corrected chi connectivity index (χ4v) is 4.17. The molecule has 3 aromatic rings. The van der Waals surface area contributed by atoms with E-state index < -0.39 is 0 Å². The van der Waals surface area contributed by atoms with Gasteiger partial charge in [-0.15, -0.1) is 6.58 Å². The summed E-state index contributed by atoms with van der Waals surface area (Å²) >= 11 is 0. The Morgan fingerprint density at radius 2 is 1.81 bits per heavy atom. The first kappa shape index (κ1) is 25.2. The van der Waals surface area contributed by atoms with Gasteiger partial charge in [0.05, 0.1) is 19.8 Å². The lowest BCUT2D eigenvalue weighted by molar-refractivity contribution is 0.102. The van der Waals surface area contributed by atoms with Gasteiger partial charge in [-0.3, -0.25) is 14.8 Å². The van der Waals surface area contributed by atoms with Crippen LogP contribution in [-0.4, -0.2) is 77.9 Å². The number of carbonyl (C=O) groups excluding carboxylic acids is 1. The largest absolute Gasteiger partial charge is 0.497 e. The molecule has 0 radical (unpaired) electrons. The van der Waals surface area contributed by atoms with Crippen LogP contribution >= 0.6 is 0 Å². The van der Waals surface area contributed by atoms with Crippen molar-refractivity contribution in [2.24, 2.45) is 0 Å². The molecule has 0 spiro atoms. The van der Waals surface area contributed by atoms with E-state index in [1.807, 2.05) is 30.3 Å². The van der Waals surface area contributed by atoms with Crippen LogP contribution in [0.5, 0.6) is 11.5 Å². The Balaban J connectivity index is 1.31. The average Bonchev–Trinajstić information content (AvgIpc) is 3.22. The van der Waals surface area contributed by atoms with Gasteiger partial charge < -0.3 is 19.7 Å². The Hall–Kier alpha value is -3.92. The summed E-state index contributed by atoms with van der Waals surface area (Å²) in [5, 5.41) is 10.0. The summed E-state index contributed by atoms with van der Waals surface area (Å²) in [4.78, 5) is 26.1. The molecule has 10 heteroatoms. The minimum atomic E-state index is -0.301. The maximum atomic E-state index is 12.7. The van der Waals surface area contributed by atoms with E-state index in [0.29, 0.717) is 17.3 Å². The summed E-state index contributed by atoms with van der Waals surface area (Å²) in [5.41, 5.74) is 2.38. The van der Waals surface area contributed by atoms with Crippen molar-refractivity contribution < 1.29 is 14.3 Å². The minimum Gasteiger partial charge on any atom is -0.497 e. The second-order valence-corrected chi connectivity index (χ2v) is 8.66. The van der Waals surface area contributed by atoms with E-state index in [0.717, 1.165) is 74.7 Å². The molecule has 1 amide bonds. The average molecular weight is 492 g/mol. The molecule has 0 bridgehead atoms. The van der Waals surface area contributed by atoms with Crippen molar-refractivity contribution in [1.29, 1.82) is 0 Å². The summed E-state index contributed by atoms with van der Waals surface area (Å²) in [5.74, 6) is 2.30. The molecule has 4 rings (SSSR count). The lowest BCUT2D eigenvalue weighted by Crippen LogP contribution is -2.31. The molecule has 1 aliphatic heterocycles. The zero-order valence-electron chi connectivity index (χ0n) is 20.9. The van der Waals surface area contributed by atoms with Gasteiger partial charge >= 0.3 is 0 Å². The highest BCUT2D eigenvalue weighted by Gasteiger charge is 2.17. The third-order valence-electron chi connectivity index (χ3n) is 6.13. The first-order valence-corrected chi connectivity index (χ1v) is 12.1. The predicted molar refractivity (Wildman–Crippen MR) is 139 cm³/mol. The number of nitrogens with one attached hydrogen (secondary N) is 2. The van der Waals surface area contributed by atoms with Crippen molar-refractivity contribution in [2.45, 2.75) is 19.3 Å². The molecule has 1 aliphatic rings. The number of amides is 1. The Morgan fingerprint density at radius 3 is 2.50 bits per heavy atom. The van der Waals surface area contributed by atoms with Crippen molar-refractivity contribution in [3.05, 3.63) is 66.1 Å². The van der Waals surface area contributed by atoms with Gasteiger partial charge in [0.15, 0.2) is 5.82 Å².